The Balaban J connectivity index is 1.51. The molecular formula is C20H19BrClN3O2. The van der Waals surface area contributed by atoms with Gasteiger partial charge in [0.2, 0.25) is 0 Å². The smallest absolute Gasteiger partial charge is 0.336 e. The van der Waals surface area contributed by atoms with E-state index in [1.807, 2.05) is 37.4 Å². The van der Waals surface area contributed by atoms with E-state index in [1.165, 1.54) is 0 Å². The molecule has 3 heterocycles. The zero-order valence-corrected chi connectivity index (χ0v) is 17.3. The van der Waals surface area contributed by atoms with Crippen molar-refractivity contribution < 1.29 is 4.42 Å². The summed E-state index contributed by atoms with van der Waals surface area (Å²) in [6.45, 7) is 6.20. The van der Waals surface area contributed by atoms with E-state index in [9.17, 15) is 4.79 Å². The minimum Gasteiger partial charge on any atom is -0.423 e. The maximum absolute atomic E-state index is 12.0. The molecule has 140 valence electrons. The van der Waals surface area contributed by atoms with Crippen LogP contribution in [0.3, 0.4) is 0 Å². The zero-order valence-electron chi connectivity index (χ0n) is 14.9. The number of benzene rings is 1. The van der Waals surface area contributed by atoms with Crippen LogP contribution in [0.2, 0.25) is 5.02 Å². The fourth-order valence-corrected chi connectivity index (χ4v) is 3.81. The Bertz CT molecular complexity index is 1030. The topological polar surface area (TPSA) is 49.6 Å². The van der Waals surface area contributed by atoms with Crippen LogP contribution in [0.1, 0.15) is 11.1 Å². The first-order valence-electron chi connectivity index (χ1n) is 8.81. The molecule has 0 aliphatic carbocycles. The lowest BCUT2D eigenvalue weighted by Crippen LogP contribution is -2.46. The van der Waals surface area contributed by atoms with Gasteiger partial charge in [-0.1, -0.05) is 11.6 Å². The van der Waals surface area contributed by atoms with Crippen molar-refractivity contribution >= 4 is 44.3 Å². The highest BCUT2D eigenvalue weighted by molar-refractivity contribution is 9.10. The van der Waals surface area contributed by atoms with E-state index in [2.05, 4.69) is 30.7 Å². The summed E-state index contributed by atoms with van der Waals surface area (Å²) in [5, 5.41) is 1.59. The number of anilines is 1. The summed E-state index contributed by atoms with van der Waals surface area (Å²) in [7, 11) is 0. The monoisotopic (exact) mass is 447 g/mol. The van der Waals surface area contributed by atoms with Gasteiger partial charge in [0.1, 0.15) is 11.4 Å². The molecule has 5 nitrogen and oxygen atoms in total. The number of hydrogen-bond acceptors (Lipinski definition) is 5. The molecule has 0 saturated carbocycles. The molecule has 4 rings (SSSR count). The van der Waals surface area contributed by atoms with Gasteiger partial charge in [0.05, 0.1) is 0 Å². The molecule has 0 bridgehead atoms. The first-order valence-corrected chi connectivity index (χ1v) is 9.98. The van der Waals surface area contributed by atoms with E-state index >= 15 is 0 Å². The quantitative estimate of drug-likeness (QED) is 0.561. The Labute approximate surface area is 170 Å². The highest BCUT2D eigenvalue weighted by atomic mass is 79.9. The second kappa shape index (κ2) is 7.62. The van der Waals surface area contributed by atoms with Crippen LogP contribution < -0.4 is 10.5 Å². The molecule has 1 saturated heterocycles. The van der Waals surface area contributed by atoms with E-state index < -0.39 is 0 Å². The second-order valence-electron chi connectivity index (χ2n) is 6.79. The highest BCUT2D eigenvalue weighted by Crippen LogP contribution is 2.26. The molecule has 0 N–H and O–H groups in total. The molecular weight excluding hydrogens is 430 g/mol. The Hall–Kier alpha value is -1.89. The van der Waals surface area contributed by atoms with Crippen molar-refractivity contribution in [1.29, 1.82) is 0 Å². The predicted octanol–water partition coefficient (Wildman–Crippen LogP) is 4.23. The number of fused-ring (bicyclic) bond motifs is 1. The zero-order chi connectivity index (χ0) is 19.0. The van der Waals surface area contributed by atoms with Gasteiger partial charge in [0.15, 0.2) is 0 Å². The molecule has 0 unspecified atom stereocenters. The number of halogens is 2. The summed E-state index contributed by atoms with van der Waals surface area (Å²) < 4.78 is 6.34. The van der Waals surface area contributed by atoms with Gasteiger partial charge in [0.25, 0.3) is 0 Å². The summed E-state index contributed by atoms with van der Waals surface area (Å²) >= 11 is 9.71. The van der Waals surface area contributed by atoms with Gasteiger partial charge >= 0.3 is 5.63 Å². The van der Waals surface area contributed by atoms with Crippen molar-refractivity contribution in [3.63, 3.8) is 0 Å². The number of nitrogens with zero attached hydrogens (tertiary/aromatic N) is 3. The van der Waals surface area contributed by atoms with Gasteiger partial charge in [-0.15, -0.1) is 0 Å². The van der Waals surface area contributed by atoms with Crippen LogP contribution in [-0.2, 0) is 6.54 Å². The summed E-state index contributed by atoms with van der Waals surface area (Å²) in [5.41, 5.74) is 2.13. The highest BCUT2D eigenvalue weighted by Gasteiger charge is 2.19. The SMILES string of the molecule is Cc1cc2oc(=O)cc(CN3CCN(c4ccc(Br)cn4)CC3)c2cc1Cl. The second-order valence-corrected chi connectivity index (χ2v) is 8.11. The fourth-order valence-electron chi connectivity index (χ4n) is 3.41. The molecule has 1 aromatic carbocycles. The third kappa shape index (κ3) is 4.03. The van der Waals surface area contributed by atoms with Crippen molar-refractivity contribution in [2.75, 3.05) is 31.1 Å². The maximum Gasteiger partial charge on any atom is 0.336 e. The Kier molecular flexibility index (Phi) is 5.21. The third-order valence-corrected chi connectivity index (χ3v) is 5.79. The number of hydrogen-bond donors (Lipinski definition) is 0. The van der Waals surface area contributed by atoms with Crippen LogP contribution in [0.25, 0.3) is 11.0 Å². The molecule has 3 aromatic rings. The van der Waals surface area contributed by atoms with Gasteiger partial charge in [-0.3, -0.25) is 4.90 Å². The van der Waals surface area contributed by atoms with Crippen LogP contribution in [0.4, 0.5) is 5.82 Å². The fraction of sp³-hybridized carbons (Fsp3) is 0.300. The van der Waals surface area contributed by atoms with Gasteiger partial charge in [-0.2, -0.15) is 0 Å². The normalized spacial score (nSPS) is 15.4. The lowest BCUT2D eigenvalue weighted by Gasteiger charge is -2.35. The van der Waals surface area contributed by atoms with Crippen molar-refractivity contribution in [2.45, 2.75) is 13.5 Å². The van der Waals surface area contributed by atoms with Crippen molar-refractivity contribution in [3.05, 3.63) is 67.6 Å². The average Bonchev–Trinajstić information content (AvgIpc) is 2.65. The number of rotatable bonds is 3. The van der Waals surface area contributed by atoms with Gasteiger partial charge in [-0.05, 0) is 58.2 Å². The van der Waals surface area contributed by atoms with E-state index in [4.69, 9.17) is 16.0 Å². The predicted molar refractivity (Wildman–Crippen MR) is 112 cm³/mol. The largest absolute Gasteiger partial charge is 0.423 e. The van der Waals surface area contributed by atoms with E-state index in [-0.39, 0.29) is 5.63 Å². The van der Waals surface area contributed by atoms with Gasteiger partial charge in [0, 0.05) is 59.9 Å². The Morgan fingerprint density at radius 3 is 2.67 bits per heavy atom. The third-order valence-electron chi connectivity index (χ3n) is 4.91. The average molecular weight is 449 g/mol. The van der Waals surface area contributed by atoms with Gasteiger partial charge in [-0.25, -0.2) is 9.78 Å². The molecule has 0 atom stereocenters. The number of pyridine rings is 1. The van der Waals surface area contributed by atoms with Crippen LogP contribution >= 0.6 is 27.5 Å². The minimum absolute atomic E-state index is 0.322. The number of aryl methyl sites for hydroxylation is 1. The van der Waals surface area contributed by atoms with Crippen LogP contribution in [0, 0.1) is 6.92 Å². The van der Waals surface area contributed by atoms with E-state index in [0.717, 1.165) is 53.0 Å². The summed E-state index contributed by atoms with van der Waals surface area (Å²) in [4.78, 5) is 21.1. The Morgan fingerprint density at radius 2 is 1.96 bits per heavy atom. The molecule has 1 aliphatic heterocycles. The molecule has 0 radical (unpaired) electrons. The van der Waals surface area contributed by atoms with Crippen LogP contribution in [0.15, 0.2) is 50.2 Å². The maximum atomic E-state index is 12.0. The molecule has 0 spiro atoms. The summed E-state index contributed by atoms with van der Waals surface area (Å²) in [6, 6.07) is 9.35. The van der Waals surface area contributed by atoms with Crippen molar-refractivity contribution in [3.8, 4) is 0 Å². The summed E-state index contributed by atoms with van der Waals surface area (Å²) in [5.74, 6) is 0.992. The molecule has 7 heteroatoms. The standard InChI is InChI=1S/C20H19BrClN3O2/c1-13-8-18-16(10-17(13)22)14(9-20(26)27-18)12-24-4-6-25(7-5-24)19-3-2-15(21)11-23-19/h2-3,8-11H,4-7,12H2,1H3. The van der Waals surface area contributed by atoms with Gasteiger partial charge < -0.3 is 9.32 Å². The van der Waals surface area contributed by atoms with E-state index in [1.54, 1.807) is 6.07 Å². The van der Waals surface area contributed by atoms with Crippen molar-refractivity contribution in [1.82, 2.24) is 9.88 Å². The molecule has 1 aliphatic rings. The minimum atomic E-state index is -0.322. The number of piperazine rings is 1. The lowest BCUT2D eigenvalue weighted by atomic mass is 10.1. The molecule has 1 fully saturated rings. The Morgan fingerprint density at radius 1 is 1.19 bits per heavy atom. The first-order chi connectivity index (χ1) is 13.0. The molecule has 27 heavy (non-hydrogen) atoms. The molecule has 0 amide bonds. The molecule has 2 aromatic heterocycles. The van der Waals surface area contributed by atoms with Crippen molar-refractivity contribution in [2.24, 2.45) is 0 Å². The lowest BCUT2D eigenvalue weighted by molar-refractivity contribution is 0.249. The summed E-state index contributed by atoms with van der Waals surface area (Å²) in [6.07, 6.45) is 1.82. The van der Waals surface area contributed by atoms with Crippen LogP contribution in [-0.4, -0.2) is 36.1 Å². The first kappa shape index (κ1) is 18.5. The van der Waals surface area contributed by atoms with E-state index in [0.29, 0.717) is 17.2 Å². The van der Waals surface area contributed by atoms with Crippen LogP contribution in [0.5, 0.6) is 0 Å². The number of aromatic nitrogens is 1.